The number of H-pyrrole nitrogens is 1. The molecule has 1 aromatic carbocycles. The first kappa shape index (κ1) is 18.1. The third kappa shape index (κ3) is 3.06. The minimum absolute atomic E-state index is 0.166. The molecule has 0 bridgehead atoms. The molecular weight excluding hydrogens is 390 g/mol. The van der Waals surface area contributed by atoms with Crippen molar-refractivity contribution in [1.29, 1.82) is 0 Å². The Morgan fingerprint density at radius 2 is 2.03 bits per heavy atom. The third-order valence-electron chi connectivity index (χ3n) is 5.27. The Hall–Kier alpha value is -2.91. The van der Waals surface area contributed by atoms with Crippen molar-refractivity contribution in [3.63, 3.8) is 0 Å². The Balaban J connectivity index is 1.77. The van der Waals surface area contributed by atoms with E-state index in [0.717, 1.165) is 28.7 Å². The second-order valence-corrected chi connectivity index (χ2v) is 9.22. The number of aromatic amines is 1. The molecule has 0 saturated carbocycles. The number of anilines is 1. The van der Waals surface area contributed by atoms with Gasteiger partial charge in [-0.2, -0.15) is 0 Å². The van der Waals surface area contributed by atoms with E-state index < -0.39 is 10.0 Å². The van der Waals surface area contributed by atoms with Crippen molar-refractivity contribution < 1.29 is 13.2 Å². The Kier molecular flexibility index (Phi) is 4.11. The summed E-state index contributed by atoms with van der Waals surface area (Å²) in [5.74, 6) is 0.608. The number of nitrogens with one attached hydrogen (secondary N) is 1. The minimum atomic E-state index is -3.49. The zero-order chi connectivity index (χ0) is 20.2. The molecule has 1 aliphatic heterocycles. The van der Waals surface area contributed by atoms with Crippen LogP contribution in [-0.2, 0) is 14.8 Å². The lowest BCUT2D eigenvalue weighted by atomic mass is 10.1. The summed E-state index contributed by atoms with van der Waals surface area (Å²) in [6.07, 6.45) is 2.74. The van der Waals surface area contributed by atoms with Crippen LogP contribution in [0.1, 0.15) is 6.92 Å². The number of morpholine rings is 1. The normalized spacial score (nSPS) is 18.0. The van der Waals surface area contributed by atoms with Crippen LogP contribution < -0.4 is 4.90 Å². The number of pyridine rings is 1. The van der Waals surface area contributed by atoms with Crippen LogP contribution in [0.5, 0.6) is 0 Å². The lowest BCUT2D eigenvalue weighted by Gasteiger charge is -2.35. The molecule has 5 rings (SSSR count). The smallest absolute Gasteiger partial charge is 0.237 e. The SMILES string of the molecule is C[C@@H]1COCCN1c1cc(-c2nc3ccccc3[nH]2)nc2c1ccn2S(C)(=O)=O. The lowest BCUT2D eigenvalue weighted by Crippen LogP contribution is -2.43. The van der Waals surface area contributed by atoms with E-state index >= 15 is 0 Å². The Bertz CT molecular complexity index is 1290. The average molecular weight is 411 g/mol. The summed E-state index contributed by atoms with van der Waals surface area (Å²) in [4.78, 5) is 14.9. The van der Waals surface area contributed by atoms with Crippen molar-refractivity contribution >= 4 is 37.8 Å². The zero-order valence-electron chi connectivity index (χ0n) is 16.2. The minimum Gasteiger partial charge on any atom is -0.377 e. The van der Waals surface area contributed by atoms with Gasteiger partial charge < -0.3 is 14.6 Å². The van der Waals surface area contributed by atoms with Gasteiger partial charge in [0.1, 0.15) is 5.69 Å². The number of hydrogen-bond donors (Lipinski definition) is 1. The second kappa shape index (κ2) is 6.57. The van der Waals surface area contributed by atoms with E-state index in [1.807, 2.05) is 36.4 Å². The molecule has 0 spiro atoms. The highest BCUT2D eigenvalue weighted by atomic mass is 32.2. The number of rotatable bonds is 3. The van der Waals surface area contributed by atoms with E-state index in [0.29, 0.717) is 30.4 Å². The van der Waals surface area contributed by atoms with Crippen LogP contribution in [0.4, 0.5) is 5.69 Å². The molecule has 8 nitrogen and oxygen atoms in total. The molecule has 29 heavy (non-hydrogen) atoms. The summed E-state index contributed by atoms with van der Waals surface area (Å²) in [6, 6.07) is 11.7. The van der Waals surface area contributed by atoms with Crippen LogP contribution in [0.15, 0.2) is 42.6 Å². The monoisotopic (exact) mass is 411 g/mol. The Morgan fingerprint density at radius 3 is 2.79 bits per heavy atom. The zero-order valence-corrected chi connectivity index (χ0v) is 17.0. The fourth-order valence-corrected chi connectivity index (χ4v) is 4.59. The summed E-state index contributed by atoms with van der Waals surface area (Å²) in [5, 5.41) is 0.795. The third-order valence-corrected chi connectivity index (χ3v) is 6.28. The quantitative estimate of drug-likeness (QED) is 0.557. The Labute approximate surface area is 168 Å². The fraction of sp³-hybridized carbons (Fsp3) is 0.300. The van der Waals surface area contributed by atoms with Crippen molar-refractivity contribution in [2.45, 2.75) is 13.0 Å². The summed E-state index contributed by atoms with van der Waals surface area (Å²) < 4.78 is 31.4. The molecule has 3 aromatic heterocycles. The molecule has 1 N–H and O–H groups in total. The molecule has 1 aliphatic rings. The van der Waals surface area contributed by atoms with Crippen LogP contribution in [0, 0.1) is 0 Å². The summed E-state index contributed by atoms with van der Waals surface area (Å²) >= 11 is 0. The number of para-hydroxylation sites is 2. The predicted octanol–water partition coefficient (Wildman–Crippen LogP) is 2.61. The van der Waals surface area contributed by atoms with Gasteiger partial charge in [0, 0.05) is 24.2 Å². The van der Waals surface area contributed by atoms with Crippen molar-refractivity contribution in [1.82, 2.24) is 18.9 Å². The highest BCUT2D eigenvalue weighted by Gasteiger charge is 2.25. The second-order valence-electron chi connectivity index (χ2n) is 7.36. The van der Waals surface area contributed by atoms with E-state index in [2.05, 4.69) is 26.8 Å². The van der Waals surface area contributed by atoms with Gasteiger partial charge in [-0.25, -0.2) is 22.4 Å². The topological polar surface area (TPSA) is 93.1 Å². The molecule has 0 aliphatic carbocycles. The maximum Gasteiger partial charge on any atom is 0.237 e. The van der Waals surface area contributed by atoms with Crippen LogP contribution >= 0.6 is 0 Å². The van der Waals surface area contributed by atoms with Gasteiger partial charge in [-0.3, -0.25) is 0 Å². The van der Waals surface area contributed by atoms with Gasteiger partial charge in [0.2, 0.25) is 10.0 Å². The molecule has 0 radical (unpaired) electrons. The molecule has 1 saturated heterocycles. The van der Waals surface area contributed by atoms with Crippen LogP contribution in [0.25, 0.3) is 33.6 Å². The van der Waals surface area contributed by atoms with Crippen molar-refractivity contribution in [3.8, 4) is 11.5 Å². The van der Waals surface area contributed by atoms with Gasteiger partial charge >= 0.3 is 0 Å². The van der Waals surface area contributed by atoms with Gasteiger partial charge in [-0.15, -0.1) is 0 Å². The first-order valence-corrected chi connectivity index (χ1v) is 11.3. The molecule has 1 atom stereocenters. The van der Waals surface area contributed by atoms with E-state index in [1.165, 1.54) is 10.2 Å². The number of nitrogens with zero attached hydrogens (tertiary/aromatic N) is 4. The van der Waals surface area contributed by atoms with E-state index in [9.17, 15) is 8.42 Å². The number of benzene rings is 1. The number of hydrogen-bond acceptors (Lipinski definition) is 6. The molecule has 1 fully saturated rings. The van der Waals surface area contributed by atoms with Crippen LogP contribution in [0.3, 0.4) is 0 Å². The van der Waals surface area contributed by atoms with Crippen molar-refractivity contribution in [2.24, 2.45) is 0 Å². The Morgan fingerprint density at radius 1 is 1.21 bits per heavy atom. The lowest BCUT2D eigenvalue weighted by molar-refractivity contribution is 0.0991. The maximum atomic E-state index is 12.3. The molecule has 4 aromatic rings. The van der Waals surface area contributed by atoms with Gasteiger partial charge in [0.05, 0.1) is 36.2 Å². The van der Waals surface area contributed by atoms with E-state index in [-0.39, 0.29) is 6.04 Å². The number of ether oxygens (including phenoxy) is 1. The van der Waals surface area contributed by atoms with Gasteiger partial charge in [-0.05, 0) is 31.2 Å². The molecular formula is C20H21N5O3S. The highest BCUT2D eigenvalue weighted by molar-refractivity contribution is 7.89. The van der Waals surface area contributed by atoms with E-state index in [4.69, 9.17) is 4.74 Å². The van der Waals surface area contributed by atoms with Gasteiger partial charge in [0.25, 0.3) is 0 Å². The van der Waals surface area contributed by atoms with Gasteiger partial charge in [-0.1, -0.05) is 12.1 Å². The van der Waals surface area contributed by atoms with E-state index in [1.54, 1.807) is 6.20 Å². The standard InChI is InChI=1S/C20H21N5O3S/c1-13-12-28-10-9-24(13)18-11-17(19-21-15-5-3-4-6-16(15)22-19)23-20-14(18)7-8-25(20)29(2,26)27/h3-8,11,13H,9-10,12H2,1-2H3,(H,21,22)/t13-/m1/s1. The van der Waals surface area contributed by atoms with Crippen molar-refractivity contribution in [3.05, 3.63) is 42.6 Å². The molecule has 0 unspecified atom stereocenters. The van der Waals surface area contributed by atoms with Crippen LogP contribution in [-0.4, -0.2) is 59.4 Å². The molecule has 4 heterocycles. The molecule has 9 heteroatoms. The largest absolute Gasteiger partial charge is 0.377 e. The molecule has 0 amide bonds. The summed E-state index contributed by atoms with van der Waals surface area (Å²) in [7, 11) is -3.49. The van der Waals surface area contributed by atoms with Gasteiger partial charge in [0.15, 0.2) is 11.5 Å². The number of aromatic nitrogens is 4. The summed E-state index contributed by atoms with van der Waals surface area (Å²) in [6.45, 7) is 4.07. The predicted molar refractivity (Wildman–Crippen MR) is 113 cm³/mol. The number of imidazole rings is 1. The van der Waals surface area contributed by atoms with Crippen LogP contribution in [0.2, 0.25) is 0 Å². The maximum absolute atomic E-state index is 12.3. The first-order valence-electron chi connectivity index (χ1n) is 9.44. The average Bonchev–Trinajstić information content (AvgIpc) is 3.31. The highest BCUT2D eigenvalue weighted by Crippen LogP contribution is 2.33. The number of fused-ring (bicyclic) bond motifs is 2. The summed E-state index contributed by atoms with van der Waals surface area (Å²) in [5.41, 5.74) is 3.68. The first-order chi connectivity index (χ1) is 13.9. The fourth-order valence-electron chi connectivity index (χ4n) is 3.85. The van der Waals surface area contributed by atoms with Crippen molar-refractivity contribution in [2.75, 3.05) is 30.9 Å². The molecule has 150 valence electrons.